The quantitative estimate of drug-likeness (QED) is 0.138. The molecule has 1 aliphatic carbocycles. The zero-order valence-corrected chi connectivity index (χ0v) is 36.8. The van der Waals surface area contributed by atoms with E-state index in [4.69, 9.17) is 14.7 Å². The third-order valence-corrected chi connectivity index (χ3v) is 13.4. The Bertz CT molecular complexity index is 2380. The van der Waals surface area contributed by atoms with Crippen LogP contribution >= 0.6 is 0 Å². The molecule has 63 heavy (non-hydrogen) atoms. The van der Waals surface area contributed by atoms with Gasteiger partial charge in [0, 0.05) is 89.1 Å². The largest absolute Gasteiger partial charge is 0.497 e. The monoisotopic (exact) mass is 853 g/mol. The van der Waals surface area contributed by atoms with E-state index < -0.39 is 0 Å². The summed E-state index contributed by atoms with van der Waals surface area (Å²) in [5.41, 5.74) is 5.53. The summed E-state index contributed by atoms with van der Waals surface area (Å²) in [4.78, 5) is 65.9. The van der Waals surface area contributed by atoms with Gasteiger partial charge >= 0.3 is 6.03 Å². The lowest BCUT2D eigenvalue weighted by Crippen LogP contribution is -2.53. The first kappa shape index (κ1) is 42.3. The first-order chi connectivity index (χ1) is 30.7. The SMILES string of the molecule is COc1ccc(CN2C(=O)CCN(c3ccc(CCN4CCC(N5CCN(c6ccc(Nc7ncc8cc(C(=O)N(C)C)n(C9CCCC9)c8n7)nc6)CC5)CC4)cc3)C2=O)cc1. The van der Waals surface area contributed by atoms with Crippen molar-refractivity contribution in [3.63, 3.8) is 0 Å². The van der Waals surface area contributed by atoms with Crippen molar-refractivity contribution in [2.75, 3.05) is 88.7 Å². The van der Waals surface area contributed by atoms with Crippen molar-refractivity contribution in [3.05, 3.63) is 95.9 Å². The van der Waals surface area contributed by atoms with Crippen molar-refractivity contribution in [2.45, 2.75) is 70.0 Å². The highest BCUT2D eigenvalue weighted by Gasteiger charge is 2.33. The fourth-order valence-electron chi connectivity index (χ4n) is 9.74. The van der Waals surface area contributed by atoms with Crippen LogP contribution in [-0.2, 0) is 17.8 Å². The predicted molar refractivity (Wildman–Crippen MR) is 245 cm³/mol. The Balaban J connectivity index is 0.718. The molecule has 3 aliphatic heterocycles. The third kappa shape index (κ3) is 9.35. The lowest BCUT2D eigenvalue weighted by Gasteiger charge is -2.43. The maximum absolute atomic E-state index is 13.4. The van der Waals surface area contributed by atoms with Crippen LogP contribution in [0.2, 0.25) is 0 Å². The van der Waals surface area contributed by atoms with E-state index in [9.17, 15) is 14.4 Å². The van der Waals surface area contributed by atoms with Crippen LogP contribution in [0, 0.1) is 0 Å². The number of rotatable bonds is 13. The second-order valence-electron chi connectivity index (χ2n) is 17.6. The number of carbonyl (C=O) groups excluding carboxylic acids is 3. The topological polar surface area (TPSA) is 136 Å². The number of imide groups is 1. The minimum Gasteiger partial charge on any atom is -0.497 e. The van der Waals surface area contributed by atoms with Gasteiger partial charge in [-0.1, -0.05) is 37.1 Å². The molecule has 15 nitrogen and oxygen atoms in total. The lowest BCUT2D eigenvalue weighted by atomic mass is 10.0. The molecule has 1 saturated carbocycles. The zero-order chi connectivity index (χ0) is 43.5. The number of fused-ring (bicyclic) bond motifs is 1. The van der Waals surface area contributed by atoms with Gasteiger partial charge in [-0.25, -0.2) is 14.8 Å². The fourth-order valence-corrected chi connectivity index (χ4v) is 9.74. The Kier molecular flexibility index (Phi) is 12.6. The van der Waals surface area contributed by atoms with Gasteiger partial charge in [0.2, 0.25) is 11.9 Å². The molecule has 2 aromatic carbocycles. The van der Waals surface area contributed by atoms with Crippen LogP contribution in [0.5, 0.6) is 5.75 Å². The maximum Gasteiger partial charge on any atom is 0.331 e. The van der Waals surface area contributed by atoms with E-state index in [1.54, 1.807) is 37.2 Å². The number of nitrogens with one attached hydrogen (secondary N) is 1. The van der Waals surface area contributed by atoms with Crippen LogP contribution in [0.1, 0.15) is 72.6 Å². The van der Waals surface area contributed by atoms with Gasteiger partial charge in [-0.15, -0.1) is 0 Å². The number of carbonyl (C=O) groups is 3. The summed E-state index contributed by atoms with van der Waals surface area (Å²) in [7, 11) is 5.19. The van der Waals surface area contributed by atoms with Gasteiger partial charge in [0.05, 0.1) is 25.5 Å². The number of piperidine rings is 1. The zero-order valence-electron chi connectivity index (χ0n) is 36.8. The van der Waals surface area contributed by atoms with E-state index in [2.05, 4.69) is 47.8 Å². The molecule has 0 unspecified atom stereocenters. The van der Waals surface area contributed by atoms with Crippen molar-refractivity contribution in [1.29, 1.82) is 0 Å². The van der Waals surface area contributed by atoms with Gasteiger partial charge < -0.3 is 29.3 Å². The molecule has 4 fully saturated rings. The molecular formula is C48H59N11O4. The van der Waals surface area contributed by atoms with Gasteiger partial charge in [-0.05, 0) is 98.8 Å². The molecule has 0 radical (unpaired) electrons. The second kappa shape index (κ2) is 18.7. The Hall–Kier alpha value is -6.06. The van der Waals surface area contributed by atoms with Crippen molar-refractivity contribution < 1.29 is 19.1 Å². The molecule has 330 valence electrons. The number of aromatic nitrogens is 4. The predicted octanol–water partition coefficient (Wildman–Crippen LogP) is 6.58. The minimum absolute atomic E-state index is 0.0181. The number of nitrogens with zero attached hydrogens (tertiary/aromatic N) is 10. The van der Waals surface area contributed by atoms with Crippen LogP contribution in [0.4, 0.5) is 27.9 Å². The number of ether oxygens (including phenoxy) is 1. The molecule has 4 aliphatic rings. The normalized spacial score (nSPS) is 18.4. The van der Waals surface area contributed by atoms with Crippen LogP contribution in [0.25, 0.3) is 11.0 Å². The van der Waals surface area contributed by atoms with E-state index in [-0.39, 0.29) is 30.4 Å². The average Bonchev–Trinajstić information content (AvgIpc) is 3.99. The molecule has 6 heterocycles. The summed E-state index contributed by atoms with van der Waals surface area (Å²) in [6.45, 7) is 7.85. The van der Waals surface area contributed by atoms with Crippen LogP contribution in [0.15, 0.2) is 79.1 Å². The van der Waals surface area contributed by atoms with Gasteiger partial charge in [0.1, 0.15) is 22.9 Å². The number of hydrogen-bond acceptors (Lipinski definition) is 11. The van der Waals surface area contributed by atoms with Gasteiger partial charge in [-0.2, -0.15) is 4.98 Å². The highest BCUT2D eigenvalue weighted by Crippen LogP contribution is 2.35. The van der Waals surface area contributed by atoms with E-state index in [0.717, 1.165) is 112 Å². The van der Waals surface area contributed by atoms with Gasteiger partial charge in [0.15, 0.2) is 0 Å². The van der Waals surface area contributed by atoms with Crippen molar-refractivity contribution in [3.8, 4) is 5.75 Å². The number of anilines is 4. The van der Waals surface area contributed by atoms with Crippen LogP contribution in [-0.4, -0.2) is 137 Å². The standard InChI is InChI=1S/C48H59N11O4/c1-53(2)46(61)42-30-36-31-50-47(52-45(36)59(42)39-6-4-5-7-39)51-43-17-14-40(32-49-43)56-28-26-55(27-29-56)37-19-23-54(24-20-37)22-18-34-8-12-38(13-9-34)57-25-21-44(60)58(48(57)62)33-35-10-15-41(63-3)16-11-35/h8-17,30-32,37,39H,4-7,18-29,33H2,1-3H3,(H,49,50,51,52). The number of hydrogen-bond donors (Lipinski definition) is 1. The first-order valence-electron chi connectivity index (χ1n) is 22.6. The number of benzene rings is 2. The summed E-state index contributed by atoms with van der Waals surface area (Å²) in [6, 6.07) is 22.4. The number of urea groups is 1. The van der Waals surface area contributed by atoms with Crippen molar-refractivity contribution in [1.82, 2.24) is 39.1 Å². The van der Waals surface area contributed by atoms with E-state index >= 15 is 0 Å². The number of likely N-dealkylation sites (tertiary alicyclic amines) is 1. The summed E-state index contributed by atoms with van der Waals surface area (Å²) in [6.07, 6.45) is 11.8. The summed E-state index contributed by atoms with van der Waals surface area (Å²) in [5.74, 6) is 1.73. The van der Waals surface area contributed by atoms with E-state index in [1.165, 1.54) is 23.3 Å². The number of piperazine rings is 1. The molecule has 4 amide bonds. The van der Waals surface area contributed by atoms with E-state index in [1.807, 2.05) is 54.7 Å². The Morgan fingerprint density at radius 3 is 2.19 bits per heavy atom. The molecule has 15 heteroatoms. The smallest absolute Gasteiger partial charge is 0.331 e. The molecule has 1 N–H and O–H groups in total. The van der Waals surface area contributed by atoms with Crippen LogP contribution in [0.3, 0.4) is 0 Å². The molecule has 0 bridgehead atoms. The second-order valence-corrected chi connectivity index (χ2v) is 17.6. The van der Waals surface area contributed by atoms with Crippen LogP contribution < -0.4 is 19.9 Å². The highest BCUT2D eigenvalue weighted by molar-refractivity contribution is 6.05. The van der Waals surface area contributed by atoms with Gasteiger partial charge in [-0.3, -0.25) is 24.3 Å². The molecule has 3 saturated heterocycles. The Morgan fingerprint density at radius 2 is 1.51 bits per heavy atom. The lowest BCUT2D eigenvalue weighted by molar-refractivity contribution is -0.129. The van der Waals surface area contributed by atoms with E-state index in [0.29, 0.717) is 36.5 Å². The van der Waals surface area contributed by atoms with Crippen molar-refractivity contribution in [2.24, 2.45) is 0 Å². The maximum atomic E-state index is 13.4. The highest BCUT2D eigenvalue weighted by atomic mass is 16.5. The summed E-state index contributed by atoms with van der Waals surface area (Å²) >= 11 is 0. The fraction of sp³-hybridized carbons (Fsp3) is 0.458. The minimum atomic E-state index is -0.277. The Morgan fingerprint density at radius 1 is 0.794 bits per heavy atom. The summed E-state index contributed by atoms with van der Waals surface area (Å²) in [5, 5.41) is 4.17. The summed E-state index contributed by atoms with van der Waals surface area (Å²) < 4.78 is 7.37. The molecular weight excluding hydrogens is 795 g/mol. The molecule has 3 aromatic heterocycles. The molecule has 0 spiro atoms. The average molecular weight is 854 g/mol. The molecule has 5 aromatic rings. The third-order valence-electron chi connectivity index (χ3n) is 13.4. The van der Waals surface area contributed by atoms with Crippen molar-refractivity contribution >= 4 is 52.0 Å². The molecule has 0 atom stereocenters. The number of pyridine rings is 1. The Labute approximate surface area is 369 Å². The molecule has 9 rings (SSSR count). The van der Waals surface area contributed by atoms with Gasteiger partial charge in [0.25, 0.3) is 5.91 Å². The number of methoxy groups -OCH3 is 1. The first-order valence-corrected chi connectivity index (χ1v) is 22.6. The number of amides is 4.